The van der Waals surface area contributed by atoms with Gasteiger partial charge in [-0.2, -0.15) is 5.10 Å². The summed E-state index contributed by atoms with van der Waals surface area (Å²) in [5, 5.41) is 6.98. The molecule has 0 saturated carbocycles. The van der Waals surface area contributed by atoms with E-state index >= 15 is 0 Å². The third kappa shape index (κ3) is 4.25. The minimum Gasteiger partial charge on any atom is -0.373 e. The van der Waals surface area contributed by atoms with Gasteiger partial charge in [0.05, 0.1) is 12.2 Å². The van der Waals surface area contributed by atoms with E-state index in [0.717, 1.165) is 13.1 Å². The van der Waals surface area contributed by atoms with Gasteiger partial charge in [0.15, 0.2) is 0 Å². The Hall–Kier alpha value is -1.47. The van der Waals surface area contributed by atoms with Crippen molar-refractivity contribution in [1.29, 1.82) is 0 Å². The van der Waals surface area contributed by atoms with Crippen molar-refractivity contribution in [2.24, 2.45) is 0 Å². The number of hydrogen-bond donors (Lipinski definition) is 1. The molecule has 7 nitrogen and oxygen atoms in total. The van der Waals surface area contributed by atoms with Gasteiger partial charge in [-0.15, -0.1) is 0 Å². The molecule has 1 amide bonds. The molecule has 7 heteroatoms. The van der Waals surface area contributed by atoms with Crippen molar-refractivity contribution >= 4 is 5.91 Å². The topological polar surface area (TPSA) is 72.3 Å². The number of aromatic nitrogens is 3. The van der Waals surface area contributed by atoms with Gasteiger partial charge >= 0.3 is 0 Å². The lowest BCUT2D eigenvalue weighted by atomic mass is 10.1. The second kappa shape index (κ2) is 7.00. The van der Waals surface area contributed by atoms with Crippen molar-refractivity contribution in [3.05, 3.63) is 12.7 Å². The molecule has 2 heterocycles. The van der Waals surface area contributed by atoms with Gasteiger partial charge in [0.1, 0.15) is 18.7 Å². The van der Waals surface area contributed by atoms with E-state index in [0.29, 0.717) is 6.54 Å². The number of amides is 1. The van der Waals surface area contributed by atoms with E-state index in [1.165, 1.54) is 6.33 Å². The first-order valence-corrected chi connectivity index (χ1v) is 7.48. The second-order valence-corrected chi connectivity index (χ2v) is 5.86. The molecule has 1 fully saturated rings. The van der Waals surface area contributed by atoms with Gasteiger partial charge in [-0.25, -0.2) is 9.67 Å². The zero-order chi connectivity index (χ0) is 15.4. The highest BCUT2D eigenvalue weighted by Gasteiger charge is 2.26. The first-order chi connectivity index (χ1) is 9.97. The molecule has 0 aliphatic carbocycles. The Balaban J connectivity index is 1.80. The average Bonchev–Trinajstić information content (AvgIpc) is 2.96. The van der Waals surface area contributed by atoms with Gasteiger partial charge in [0, 0.05) is 25.7 Å². The Bertz CT molecular complexity index is 440. The standard InChI is InChI=1S/C14H25N5O2/c1-10(18-6-11(2)21-12(3)7-18)5-16-14(20)13(4)19-9-15-8-17-19/h8-13H,5-7H2,1-4H3,(H,16,20)/t10-,11-,12-,13+/m1/s1. The van der Waals surface area contributed by atoms with Crippen LogP contribution in [-0.2, 0) is 9.53 Å². The molecule has 118 valence electrons. The van der Waals surface area contributed by atoms with E-state index < -0.39 is 0 Å². The van der Waals surface area contributed by atoms with Crippen LogP contribution in [0.25, 0.3) is 0 Å². The lowest BCUT2D eigenvalue weighted by Gasteiger charge is -2.39. The predicted molar refractivity (Wildman–Crippen MR) is 78.8 cm³/mol. The number of morpholine rings is 1. The summed E-state index contributed by atoms with van der Waals surface area (Å²) >= 11 is 0. The fourth-order valence-electron chi connectivity index (χ4n) is 2.64. The summed E-state index contributed by atoms with van der Waals surface area (Å²) in [6.45, 7) is 10.5. The number of carbonyl (C=O) groups excluding carboxylic acids is 1. The quantitative estimate of drug-likeness (QED) is 0.854. The number of ether oxygens (including phenoxy) is 1. The second-order valence-electron chi connectivity index (χ2n) is 5.86. The normalized spacial score (nSPS) is 26.3. The molecule has 2 rings (SSSR count). The van der Waals surface area contributed by atoms with Crippen molar-refractivity contribution in [2.45, 2.75) is 52.0 Å². The van der Waals surface area contributed by atoms with E-state index in [-0.39, 0.29) is 30.2 Å². The minimum absolute atomic E-state index is 0.0401. The highest BCUT2D eigenvalue weighted by Crippen LogP contribution is 2.13. The summed E-state index contributed by atoms with van der Waals surface area (Å²) in [6, 6.07) is -0.0621. The van der Waals surface area contributed by atoms with Gasteiger partial charge in [-0.3, -0.25) is 9.69 Å². The molecule has 1 saturated heterocycles. The van der Waals surface area contributed by atoms with Crippen LogP contribution in [0.2, 0.25) is 0 Å². The van der Waals surface area contributed by atoms with Crippen molar-refractivity contribution in [3.8, 4) is 0 Å². The van der Waals surface area contributed by atoms with Crippen LogP contribution in [0.4, 0.5) is 0 Å². The fraction of sp³-hybridized carbons (Fsp3) is 0.786. The Kier molecular flexibility index (Phi) is 5.30. The molecule has 1 aliphatic heterocycles. The number of rotatable bonds is 5. The van der Waals surface area contributed by atoms with E-state index in [1.54, 1.807) is 11.0 Å². The molecular weight excluding hydrogens is 270 g/mol. The van der Waals surface area contributed by atoms with Crippen LogP contribution in [0.1, 0.15) is 33.7 Å². The smallest absolute Gasteiger partial charge is 0.244 e. The van der Waals surface area contributed by atoms with Crippen LogP contribution < -0.4 is 5.32 Å². The minimum atomic E-state index is -0.345. The summed E-state index contributed by atoms with van der Waals surface area (Å²) in [5.74, 6) is -0.0401. The Morgan fingerprint density at radius 3 is 2.62 bits per heavy atom. The molecule has 4 atom stereocenters. The van der Waals surface area contributed by atoms with Crippen LogP contribution >= 0.6 is 0 Å². The molecule has 0 unspecified atom stereocenters. The first kappa shape index (κ1) is 15.9. The van der Waals surface area contributed by atoms with E-state index in [1.807, 2.05) is 6.92 Å². The molecule has 21 heavy (non-hydrogen) atoms. The Morgan fingerprint density at radius 1 is 1.38 bits per heavy atom. The molecule has 1 aromatic rings. The zero-order valence-corrected chi connectivity index (χ0v) is 13.2. The van der Waals surface area contributed by atoms with Gasteiger partial charge in [0.2, 0.25) is 5.91 Å². The van der Waals surface area contributed by atoms with Crippen molar-refractivity contribution in [3.63, 3.8) is 0 Å². The molecular formula is C14H25N5O2. The lowest BCUT2D eigenvalue weighted by Crippen LogP contribution is -2.52. The highest BCUT2D eigenvalue weighted by molar-refractivity contribution is 5.79. The van der Waals surface area contributed by atoms with Gasteiger partial charge in [-0.1, -0.05) is 0 Å². The third-order valence-electron chi connectivity index (χ3n) is 3.86. The maximum absolute atomic E-state index is 12.1. The van der Waals surface area contributed by atoms with Crippen LogP contribution in [-0.4, -0.2) is 63.5 Å². The summed E-state index contributed by atoms with van der Waals surface area (Å²) in [7, 11) is 0. The highest BCUT2D eigenvalue weighted by atomic mass is 16.5. The van der Waals surface area contributed by atoms with E-state index in [2.05, 4.69) is 41.1 Å². The summed E-state index contributed by atoms with van der Waals surface area (Å²) in [5.41, 5.74) is 0. The summed E-state index contributed by atoms with van der Waals surface area (Å²) in [6.07, 6.45) is 3.46. The van der Waals surface area contributed by atoms with Crippen molar-refractivity contribution < 1.29 is 9.53 Å². The Morgan fingerprint density at radius 2 is 2.05 bits per heavy atom. The van der Waals surface area contributed by atoms with Crippen LogP contribution in [0, 0.1) is 0 Å². The fourth-order valence-corrected chi connectivity index (χ4v) is 2.64. The number of carbonyl (C=O) groups is 1. The van der Waals surface area contributed by atoms with E-state index in [4.69, 9.17) is 4.74 Å². The SMILES string of the molecule is C[C@@H]1CN([C@H](C)CNC(=O)[C@H](C)n2cncn2)C[C@@H](C)O1. The average molecular weight is 295 g/mol. The maximum Gasteiger partial charge on any atom is 0.244 e. The predicted octanol–water partition coefficient (Wildman–Crippen LogP) is 0.453. The maximum atomic E-state index is 12.1. The molecule has 0 radical (unpaired) electrons. The summed E-state index contributed by atoms with van der Waals surface area (Å²) < 4.78 is 7.29. The number of hydrogen-bond acceptors (Lipinski definition) is 5. The first-order valence-electron chi connectivity index (χ1n) is 7.48. The van der Waals surface area contributed by atoms with Gasteiger partial charge in [-0.05, 0) is 27.7 Å². The van der Waals surface area contributed by atoms with Gasteiger partial charge < -0.3 is 10.1 Å². The Labute approximate surface area is 125 Å². The van der Waals surface area contributed by atoms with E-state index in [9.17, 15) is 4.79 Å². The number of nitrogens with zero attached hydrogens (tertiary/aromatic N) is 4. The van der Waals surface area contributed by atoms with Crippen LogP contribution in [0.5, 0.6) is 0 Å². The zero-order valence-electron chi connectivity index (χ0n) is 13.2. The third-order valence-corrected chi connectivity index (χ3v) is 3.86. The van der Waals surface area contributed by atoms with Crippen molar-refractivity contribution in [2.75, 3.05) is 19.6 Å². The molecule has 1 N–H and O–H groups in total. The monoisotopic (exact) mass is 295 g/mol. The van der Waals surface area contributed by atoms with Crippen LogP contribution in [0.15, 0.2) is 12.7 Å². The molecule has 0 bridgehead atoms. The lowest BCUT2D eigenvalue weighted by molar-refractivity contribution is -0.124. The van der Waals surface area contributed by atoms with Gasteiger partial charge in [0.25, 0.3) is 0 Å². The molecule has 1 aliphatic rings. The largest absolute Gasteiger partial charge is 0.373 e. The number of nitrogens with one attached hydrogen (secondary N) is 1. The molecule has 1 aromatic heterocycles. The van der Waals surface area contributed by atoms with Crippen molar-refractivity contribution in [1.82, 2.24) is 25.0 Å². The molecule has 0 spiro atoms. The molecule has 0 aromatic carbocycles. The van der Waals surface area contributed by atoms with Crippen LogP contribution in [0.3, 0.4) is 0 Å². The summed E-state index contributed by atoms with van der Waals surface area (Å²) in [4.78, 5) is 18.3.